The smallest absolute Gasteiger partial charge is 0.168 e. The molecule has 0 radical (unpaired) electrons. The van der Waals surface area contributed by atoms with E-state index < -0.39 is 0 Å². The molecule has 0 aliphatic heterocycles. The molecule has 2 heteroatoms. The van der Waals surface area contributed by atoms with Crippen molar-refractivity contribution >= 4 is 11.5 Å². The minimum absolute atomic E-state index is 0.176. The summed E-state index contributed by atoms with van der Waals surface area (Å²) in [7, 11) is 4.04. The van der Waals surface area contributed by atoms with Crippen LogP contribution in [0.3, 0.4) is 0 Å². The molecule has 0 unspecified atom stereocenters. The van der Waals surface area contributed by atoms with E-state index in [1.807, 2.05) is 59.1 Å². The van der Waals surface area contributed by atoms with Gasteiger partial charge in [0.1, 0.15) is 0 Å². The Balaban J connectivity index is 2.47. The first-order chi connectivity index (χ1) is 9.80. The number of carbonyl (C=O) groups is 1. The summed E-state index contributed by atoms with van der Waals surface area (Å²) in [6, 6.07) is 16.1. The van der Waals surface area contributed by atoms with Gasteiger partial charge in [-0.15, -0.1) is 0 Å². The van der Waals surface area contributed by atoms with Gasteiger partial charge < -0.3 is 4.90 Å². The van der Waals surface area contributed by atoms with E-state index in [1.54, 1.807) is 0 Å². The molecule has 0 N–H and O–H groups in total. The zero-order chi connectivity index (χ0) is 15.6. The first kappa shape index (κ1) is 15.3. The Morgan fingerprint density at radius 2 is 1.48 bits per heavy atom. The maximum atomic E-state index is 12.6. The highest BCUT2D eigenvalue weighted by Crippen LogP contribution is 2.30. The van der Waals surface area contributed by atoms with Gasteiger partial charge >= 0.3 is 0 Å². The van der Waals surface area contributed by atoms with Gasteiger partial charge in [-0.25, -0.2) is 0 Å². The lowest BCUT2D eigenvalue weighted by Gasteiger charge is -2.19. The Labute approximate surface area is 127 Å². The molecular weight excluding hydrogens is 258 g/mol. The molecule has 0 aliphatic rings. The van der Waals surface area contributed by atoms with Crippen LogP contribution in [0.5, 0.6) is 0 Å². The Morgan fingerprint density at radius 3 is 2.00 bits per heavy atom. The highest BCUT2D eigenvalue weighted by atomic mass is 16.1. The van der Waals surface area contributed by atoms with Crippen LogP contribution in [0.15, 0.2) is 48.5 Å². The Kier molecular flexibility index (Phi) is 4.17. The zero-order valence-corrected chi connectivity index (χ0v) is 13.5. The van der Waals surface area contributed by atoms with E-state index in [1.165, 1.54) is 0 Å². The quantitative estimate of drug-likeness (QED) is 0.763. The van der Waals surface area contributed by atoms with Gasteiger partial charge in [0.25, 0.3) is 0 Å². The first-order valence-electron chi connectivity index (χ1n) is 7.22. The topological polar surface area (TPSA) is 20.3 Å². The van der Waals surface area contributed by atoms with Crippen LogP contribution in [0.2, 0.25) is 0 Å². The summed E-state index contributed by atoms with van der Waals surface area (Å²) in [5, 5.41) is 0. The van der Waals surface area contributed by atoms with Gasteiger partial charge in [-0.3, -0.25) is 4.79 Å². The molecule has 0 aliphatic carbocycles. The van der Waals surface area contributed by atoms with Gasteiger partial charge in [0.2, 0.25) is 0 Å². The van der Waals surface area contributed by atoms with Crippen molar-refractivity contribution in [2.24, 2.45) is 5.41 Å². The summed E-state index contributed by atoms with van der Waals surface area (Å²) in [6.45, 7) is 5.88. The molecule has 0 bridgehead atoms. The van der Waals surface area contributed by atoms with Crippen molar-refractivity contribution in [3.63, 3.8) is 0 Å². The minimum Gasteiger partial charge on any atom is -0.378 e. The number of hydrogen-bond acceptors (Lipinski definition) is 2. The Hall–Kier alpha value is -2.09. The van der Waals surface area contributed by atoms with Gasteiger partial charge in [-0.05, 0) is 23.3 Å². The zero-order valence-electron chi connectivity index (χ0n) is 13.5. The van der Waals surface area contributed by atoms with E-state index >= 15 is 0 Å². The van der Waals surface area contributed by atoms with E-state index in [-0.39, 0.29) is 11.2 Å². The van der Waals surface area contributed by atoms with E-state index in [2.05, 4.69) is 29.2 Å². The highest BCUT2D eigenvalue weighted by molar-refractivity contribution is 6.05. The third kappa shape index (κ3) is 3.33. The predicted octanol–water partition coefficient (Wildman–Crippen LogP) is 4.65. The fourth-order valence-corrected chi connectivity index (χ4v) is 2.28. The molecule has 21 heavy (non-hydrogen) atoms. The van der Waals surface area contributed by atoms with Crippen molar-refractivity contribution in [2.45, 2.75) is 20.8 Å². The van der Waals surface area contributed by atoms with Crippen LogP contribution in [-0.4, -0.2) is 19.9 Å². The van der Waals surface area contributed by atoms with Crippen molar-refractivity contribution in [3.05, 3.63) is 54.1 Å². The molecule has 0 heterocycles. The fraction of sp³-hybridized carbons (Fsp3) is 0.316. The van der Waals surface area contributed by atoms with Gasteiger partial charge in [-0.1, -0.05) is 57.2 Å². The molecule has 2 aromatic carbocycles. The molecule has 0 saturated heterocycles. The molecule has 0 amide bonds. The Morgan fingerprint density at radius 1 is 0.905 bits per heavy atom. The molecule has 110 valence electrons. The van der Waals surface area contributed by atoms with E-state index in [0.717, 1.165) is 22.4 Å². The minimum atomic E-state index is -0.375. The summed E-state index contributed by atoms with van der Waals surface area (Å²) in [5.41, 5.74) is 3.65. The molecule has 2 aromatic rings. The lowest BCUT2D eigenvalue weighted by atomic mass is 9.83. The van der Waals surface area contributed by atoms with Crippen molar-refractivity contribution in [1.29, 1.82) is 0 Å². The molecule has 2 rings (SSSR count). The number of hydrogen-bond donors (Lipinski definition) is 0. The Bertz CT molecular complexity index is 633. The maximum Gasteiger partial charge on any atom is 0.168 e. The van der Waals surface area contributed by atoms with Crippen molar-refractivity contribution < 1.29 is 4.79 Å². The highest BCUT2D eigenvalue weighted by Gasteiger charge is 2.25. The molecule has 0 fully saturated rings. The monoisotopic (exact) mass is 281 g/mol. The fourth-order valence-electron chi connectivity index (χ4n) is 2.28. The number of rotatable bonds is 3. The van der Waals surface area contributed by atoms with Crippen LogP contribution < -0.4 is 4.90 Å². The first-order valence-corrected chi connectivity index (χ1v) is 7.22. The standard InChI is InChI=1S/C19H23NO/c1-19(2,3)18(21)17-9-7-6-8-16(17)14-10-12-15(13-11-14)20(4)5/h6-13H,1-5H3. The average Bonchev–Trinajstić information content (AvgIpc) is 2.45. The van der Waals surface area contributed by atoms with Crippen LogP contribution >= 0.6 is 0 Å². The number of carbonyl (C=O) groups excluding carboxylic acids is 1. The molecular formula is C19H23NO. The number of benzene rings is 2. The number of nitrogens with zero attached hydrogens (tertiary/aromatic N) is 1. The van der Waals surface area contributed by atoms with Crippen LogP contribution in [0.25, 0.3) is 11.1 Å². The summed E-state index contributed by atoms with van der Waals surface area (Å²) >= 11 is 0. The second-order valence-electron chi connectivity index (χ2n) is 6.57. The van der Waals surface area contributed by atoms with Gasteiger partial charge in [0.15, 0.2) is 5.78 Å². The normalized spacial score (nSPS) is 11.3. The van der Waals surface area contributed by atoms with Crippen LogP contribution in [-0.2, 0) is 0 Å². The average molecular weight is 281 g/mol. The lowest BCUT2D eigenvalue weighted by molar-refractivity contribution is 0.0859. The van der Waals surface area contributed by atoms with E-state index in [4.69, 9.17) is 0 Å². The number of anilines is 1. The largest absolute Gasteiger partial charge is 0.378 e. The van der Waals surface area contributed by atoms with Crippen LogP contribution in [0.1, 0.15) is 31.1 Å². The second-order valence-corrected chi connectivity index (χ2v) is 6.57. The molecule has 0 spiro atoms. The van der Waals surface area contributed by atoms with Crippen LogP contribution in [0, 0.1) is 5.41 Å². The summed E-state index contributed by atoms with van der Waals surface area (Å²) in [4.78, 5) is 14.7. The van der Waals surface area contributed by atoms with Crippen LogP contribution in [0.4, 0.5) is 5.69 Å². The molecule has 0 saturated carbocycles. The summed E-state index contributed by atoms with van der Waals surface area (Å²) < 4.78 is 0. The van der Waals surface area contributed by atoms with Crippen molar-refractivity contribution in [2.75, 3.05) is 19.0 Å². The number of Topliss-reactive ketones (excluding diaryl/α,β-unsaturated/α-hetero) is 1. The maximum absolute atomic E-state index is 12.6. The second kappa shape index (κ2) is 5.72. The van der Waals surface area contributed by atoms with Crippen molar-refractivity contribution in [3.8, 4) is 11.1 Å². The van der Waals surface area contributed by atoms with Gasteiger partial charge in [0, 0.05) is 30.8 Å². The van der Waals surface area contributed by atoms with Gasteiger partial charge in [0.05, 0.1) is 0 Å². The third-order valence-electron chi connectivity index (χ3n) is 3.55. The van der Waals surface area contributed by atoms with Gasteiger partial charge in [-0.2, -0.15) is 0 Å². The molecule has 0 aromatic heterocycles. The molecule has 2 nitrogen and oxygen atoms in total. The summed E-state index contributed by atoms with van der Waals surface area (Å²) in [5.74, 6) is 0.176. The summed E-state index contributed by atoms with van der Waals surface area (Å²) in [6.07, 6.45) is 0. The SMILES string of the molecule is CN(C)c1ccc(-c2ccccc2C(=O)C(C)(C)C)cc1. The van der Waals surface area contributed by atoms with E-state index in [0.29, 0.717) is 0 Å². The lowest BCUT2D eigenvalue weighted by Crippen LogP contribution is -2.20. The number of ketones is 1. The predicted molar refractivity (Wildman–Crippen MR) is 90.0 cm³/mol. The molecule has 0 atom stereocenters. The van der Waals surface area contributed by atoms with E-state index in [9.17, 15) is 4.79 Å². The third-order valence-corrected chi connectivity index (χ3v) is 3.55. The van der Waals surface area contributed by atoms with Crippen molar-refractivity contribution in [1.82, 2.24) is 0 Å².